The van der Waals surface area contributed by atoms with Crippen molar-refractivity contribution < 1.29 is 23.5 Å². The minimum absolute atomic E-state index is 0.286. The second kappa shape index (κ2) is 11.6. The molecule has 1 N–H and O–H groups in total. The van der Waals surface area contributed by atoms with E-state index in [1.54, 1.807) is 37.3 Å². The van der Waals surface area contributed by atoms with Gasteiger partial charge >= 0.3 is 0 Å². The predicted octanol–water partition coefficient (Wildman–Crippen LogP) is 4.26. The van der Waals surface area contributed by atoms with Crippen LogP contribution in [0.25, 0.3) is 11.4 Å². The van der Waals surface area contributed by atoms with Crippen molar-refractivity contribution in [2.75, 3.05) is 19.1 Å². The van der Waals surface area contributed by atoms with Crippen LogP contribution in [-0.4, -0.2) is 51.8 Å². The zero-order valence-corrected chi connectivity index (χ0v) is 23.8. The molecule has 1 atom stereocenters. The van der Waals surface area contributed by atoms with Gasteiger partial charge in [0.2, 0.25) is 5.82 Å². The van der Waals surface area contributed by atoms with Gasteiger partial charge in [0.15, 0.2) is 17.5 Å². The van der Waals surface area contributed by atoms with E-state index in [0.29, 0.717) is 34.5 Å². The van der Waals surface area contributed by atoms with E-state index >= 15 is 0 Å². The number of tetrazole rings is 1. The number of aromatic nitrogens is 4. The number of methoxy groups -OCH3 is 2. The second-order valence-electron chi connectivity index (χ2n) is 10.4. The van der Waals surface area contributed by atoms with Gasteiger partial charge in [0.05, 0.1) is 14.2 Å². The van der Waals surface area contributed by atoms with Crippen LogP contribution in [0.5, 0.6) is 11.5 Å². The molecule has 2 heterocycles. The van der Waals surface area contributed by atoms with Crippen molar-refractivity contribution in [3.63, 3.8) is 0 Å². The number of carbonyl (C=O) groups excluding carboxylic acids is 2. The largest absolute Gasteiger partial charge is 0.493 e. The number of hydrogen-bond donors (Lipinski definition) is 1. The van der Waals surface area contributed by atoms with Gasteiger partial charge in [-0.25, -0.2) is 0 Å². The van der Waals surface area contributed by atoms with Crippen molar-refractivity contribution in [1.29, 1.82) is 0 Å². The van der Waals surface area contributed by atoms with Crippen molar-refractivity contribution >= 4 is 17.5 Å². The highest BCUT2D eigenvalue weighted by molar-refractivity contribution is 6.01. The summed E-state index contributed by atoms with van der Waals surface area (Å²) < 4.78 is 16.8. The fraction of sp³-hybridized carbons (Fsp3) is 0.345. The zero-order valence-electron chi connectivity index (χ0n) is 23.8. The summed E-state index contributed by atoms with van der Waals surface area (Å²) >= 11 is 0. The molecule has 40 heavy (non-hydrogen) atoms. The lowest BCUT2D eigenvalue weighted by atomic mass is 10.1. The minimum atomic E-state index is -1.14. The average Bonchev–Trinajstić information content (AvgIpc) is 3.54. The standard InChI is InChI=1S/C29H34N6O5/c1-18-8-11-20(12-9-18)27-31-33-34(32-27)17-25(36)35(21-13-15-22(38-6)24(16-21)39-7)26(23-14-10-19(2)40-23)28(37)30-29(3,4)5/h8-16,26H,17H2,1-7H3,(H,30,37)/t26-/m1/s1. The molecule has 2 aromatic heterocycles. The van der Waals surface area contributed by atoms with Crippen LogP contribution < -0.4 is 19.7 Å². The molecule has 0 saturated carbocycles. The molecule has 0 bridgehead atoms. The monoisotopic (exact) mass is 546 g/mol. The number of rotatable bonds is 9. The minimum Gasteiger partial charge on any atom is -0.493 e. The maximum absolute atomic E-state index is 14.1. The number of carbonyl (C=O) groups is 2. The summed E-state index contributed by atoms with van der Waals surface area (Å²) in [5.41, 5.74) is 1.70. The predicted molar refractivity (Wildman–Crippen MR) is 149 cm³/mol. The lowest BCUT2D eigenvalue weighted by Gasteiger charge is -2.32. The van der Waals surface area contributed by atoms with Gasteiger partial charge in [-0.3, -0.25) is 14.5 Å². The molecule has 0 aliphatic heterocycles. The molecule has 0 spiro atoms. The summed E-state index contributed by atoms with van der Waals surface area (Å²) in [4.78, 5) is 30.4. The summed E-state index contributed by atoms with van der Waals surface area (Å²) in [6.45, 7) is 9.07. The van der Waals surface area contributed by atoms with E-state index in [2.05, 4.69) is 20.7 Å². The molecule has 0 aliphatic carbocycles. The number of benzene rings is 2. The molecule has 0 fully saturated rings. The summed E-state index contributed by atoms with van der Waals surface area (Å²) in [6.07, 6.45) is 0. The first-order valence-corrected chi connectivity index (χ1v) is 12.8. The van der Waals surface area contributed by atoms with Crippen molar-refractivity contribution in [2.45, 2.75) is 52.7 Å². The zero-order chi connectivity index (χ0) is 29.0. The van der Waals surface area contributed by atoms with Crippen molar-refractivity contribution in [3.05, 3.63) is 71.7 Å². The Labute approximate surface area is 233 Å². The van der Waals surface area contributed by atoms with Crippen molar-refractivity contribution in [1.82, 2.24) is 25.5 Å². The molecule has 210 valence electrons. The fourth-order valence-corrected chi connectivity index (χ4v) is 4.15. The van der Waals surface area contributed by atoms with Crippen LogP contribution >= 0.6 is 0 Å². The smallest absolute Gasteiger partial charge is 0.251 e. The number of ether oxygens (including phenoxy) is 2. The van der Waals surface area contributed by atoms with E-state index in [4.69, 9.17) is 13.9 Å². The highest BCUT2D eigenvalue weighted by Crippen LogP contribution is 2.36. The highest BCUT2D eigenvalue weighted by atomic mass is 16.5. The van der Waals surface area contributed by atoms with Gasteiger partial charge in [-0.15, -0.1) is 10.2 Å². The van der Waals surface area contributed by atoms with E-state index in [1.807, 2.05) is 52.0 Å². The SMILES string of the molecule is COc1ccc(N(C(=O)Cn2nnc(-c3ccc(C)cc3)n2)[C@@H](C(=O)NC(C)(C)C)c2ccc(C)o2)cc1OC. The number of nitrogens with zero attached hydrogens (tertiary/aromatic N) is 5. The number of hydrogen-bond acceptors (Lipinski definition) is 8. The Morgan fingerprint density at radius 1 is 1.00 bits per heavy atom. The normalized spacial score (nSPS) is 12.1. The van der Waals surface area contributed by atoms with Crippen LogP contribution in [0.1, 0.15) is 43.9 Å². The first-order valence-electron chi connectivity index (χ1n) is 12.8. The van der Waals surface area contributed by atoms with Crippen LogP contribution in [0.2, 0.25) is 0 Å². The maximum atomic E-state index is 14.1. The van der Waals surface area contributed by atoms with Gasteiger partial charge in [0.1, 0.15) is 18.1 Å². The van der Waals surface area contributed by atoms with E-state index < -0.39 is 23.4 Å². The second-order valence-corrected chi connectivity index (χ2v) is 10.4. The summed E-state index contributed by atoms with van der Waals surface area (Å²) in [5, 5.41) is 15.6. The molecule has 0 radical (unpaired) electrons. The van der Waals surface area contributed by atoms with Crippen LogP contribution in [-0.2, 0) is 16.1 Å². The fourth-order valence-electron chi connectivity index (χ4n) is 4.15. The molecule has 0 unspecified atom stereocenters. The molecule has 0 aliphatic rings. The molecule has 11 nitrogen and oxygen atoms in total. The molecular formula is C29H34N6O5. The summed E-state index contributed by atoms with van der Waals surface area (Å²) in [6, 6.07) is 15.0. The van der Waals surface area contributed by atoms with Gasteiger partial charge in [-0.2, -0.15) is 4.80 Å². The first-order chi connectivity index (χ1) is 19.0. The number of furan rings is 1. The van der Waals surface area contributed by atoms with E-state index in [9.17, 15) is 9.59 Å². The van der Waals surface area contributed by atoms with Gasteiger partial charge < -0.3 is 19.2 Å². The molecular weight excluding hydrogens is 512 g/mol. The van der Waals surface area contributed by atoms with Gasteiger partial charge in [-0.05, 0) is 64.1 Å². The lowest BCUT2D eigenvalue weighted by molar-refractivity contribution is -0.128. The Balaban J connectivity index is 1.77. The summed E-state index contributed by atoms with van der Waals surface area (Å²) in [5.74, 6) is 1.26. The molecule has 0 saturated heterocycles. The number of nitrogens with one attached hydrogen (secondary N) is 1. The average molecular weight is 547 g/mol. The highest BCUT2D eigenvalue weighted by Gasteiger charge is 2.37. The Morgan fingerprint density at radius 3 is 2.30 bits per heavy atom. The Kier molecular flexibility index (Phi) is 8.22. The first kappa shape index (κ1) is 28.3. The van der Waals surface area contributed by atoms with Gasteiger partial charge in [0, 0.05) is 22.9 Å². The summed E-state index contributed by atoms with van der Waals surface area (Å²) in [7, 11) is 3.02. The van der Waals surface area contributed by atoms with Gasteiger partial charge in [0.25, 0.3) is 11.8 Å². The molecule has 2 aromatic carbocycles. The Hall–Kier alpha value is -4.67. The van der Waals surface area contributed by atoms with Crippen molar-refractivity contribution in [3.8, 4) is 22.9 Å². The quantitative estimate of drug-likeness (QED) is 0.330. The molecule has 4 rings (SSSR count). The van der Waals surface area contributed by atoms with E-state index in [0.717, 1.165) is 11.1 Å². The molecule has 2 amide bonds. The third kappa shape index (κ3) is 6.48. The third-order valence-electron chi connectivity index (χ3n) is 5.99. The van der Waals surface area contributed by atoms with E-state index in [1.165, 1.54) is 23.9 Å². The molecule has 4 aromatic rings. The number of anilines is 1. The van der Waals surface area contributed by atoms with Crippen molar-refractivity contribution in [2.24, 2.45) is 0 Å². The van der Waals surface area contributed by atoms with Crippen LogP contribution in [0.3, 0.4) is 0 Å². The van der Waals surface area contributed by atoms with Gasteiger partial charge in [-0.1, -0.05) is 29.8 Å². The Morgan fingerprint density at radius 2 is 1.70 bits per heavy atom. The lowest BCUT2D eigenvalue weighted by Crippen LogP contribution is -2.50. The number of amides is 2. The third-order valence-corrected chi connectivity index (χ3v) is 5.99. The van der Waals surface area contributed by atoms with Crippen LogP contribution in [0.15, 0.2) is 59.0 Å². The van der Waals surface area contributed by atoms with Crippen LogP contribution in [0.4, 0.5) is 5.69 Å². The topological polar surface area (TPSA) is 125 Å². The number of aryl methyl sites for hydroxylation is 2. The van der Waals surface area contributed by atoms with Crippen LogP contribution in [0, 0.1) is 13.8 Å². The maximum Gasteiger partial charge on any atom is 0.251 e. The Bertz CT molecular complexity index is 1490. The van der Waals surface area contributed by atoms with E-state index in [-0.39, 0.29) is 6.54 Å². The molecule has 11 heteroatoms.